The van der Waals surface area contributed by atoms with Gasteiger partial charge in [-0.15, -0.1) is 11.3 Å². The highest BCUT2D eigenvalue weighted by Gasteiger charge is 2.51. The number of primary amides is 1. The van der Waals surface area contributed by atoms with Gasteiger partial charge in [0.25, 0.3) is 11.8 Å². The van der Waals surface area contributed by atoms with Crippen LogP contribution in [0.3, 0.4) is 0 Å². The number of halogens is 3. The molecule has 9 rings (SSSR count). The average molecular weight is 1170 g/mol. The molecule has 0 bridgehead atoms. The first-order valence-corrected chi connectivity index (χ1v) is 29.4. The second-order valence-electron chi connectivity index (χ2n) is 21.4. The third-order valence-corrected chi connectivity index (χ3v) is 18.0. The number of nitrogens with one attached hydrogen (secondary N) is 4. The van der Waals surface area contributed by atoms with Crippen molar-refractivity contribution >= 4 is 82.2 Å². The van der Waals surface area contributed by atoms with Gasteiger partial charge in [0.2, 0.25) is 41.4 Å². The molecule has 0 saturated carbocycles. The van der Waals surface area contributed by atoms with Gasteiger partial charge in [0.1, 0.15) is 36.0 Å². The molecule has 4 saturated heterocycles. The molecule has 1 aromatic heterocycles. The van der Waals surface area contributed by atoms with E-state index < -0.39 is 102 Å². The van der Waals surface area contributed by atoms with Crippen LogP contribution in [0, 0.1) is 23.6 Å². The highest BCUT2D eigenvalue weighted by atomic mass is 32.1. The van der Waals surface area contributed by atoms with E-state index in [0.29, 0.717) is 74.0 Å². The maximum atomic E-state index is 14.6. The van der Waals surface area contributed by atoms with E-state index in [4.69, 9.17) is 5.73 Å². The fourth-order valence-electron chi connectivity index (χ4n) is 11.4. The molecule has 0 aliphatic carbocycles. The highest BCUT2D eigenvalue weighted by Crippen LogP contribution is 2.59. The summed E-state index contributed by atoms with van der Waals surface area (Å²) in [5.74, 6) is 0.597. The molecule has 0 spiro atoms. The molecule has 26 heteroatoms. The molecule has 3 unspecified atom stereocenters. The van der Waals surface area contributed by atoms with E-state index in [0.717, 1.165) is 41.2 Å². The average Bonchev–Trinajstić information content (AvgIpc) is 3.73. The van der Waals surface area contributed by atoms with E-state index in [1.165, 1.54) is 34.1 Å². The van der Waals surface area contributed by atoms with Crippen molar-refractivity contribution in [3.05, 3.63) is 105 Å². The lowest BCUT2D eigenvalue weighted by Gasteiger charge is -2.38. The van der Waals surface area contributed by atoms with Gasteiger partial charge in [0.05, 0.1) is 4.88 Å². The van der Waals surface area contributed by atoms with Crippen LogP contribution in [-0.2, 0) is 50.3 Å². The number of amides is 9. The minimum Gasteiger partial charge on any atom is -0.370 e. The third-order valence-electron chi connectivity index (χ3n) is 15.9. The molecule has 434 valence electrons. The molecule has 9 amide bonds. The van der Waals surface area contributed by atoms with Crippen molar-refractivity contribution in [1.29, 1.82) is 0 Å². The number of carbonyl (C=O) groups is 9. The number of alkyl halides is 2. The van der Waals surface area contributed by atoms with Crippen molar-refractivity contribution in [2.75, 3.05) is 33.2 Å². The number of hydrogen-bond acceptors (Lipinski definition) is 12. The van der Waals surface area contributed by atoms with Crippen LogP contribution in [0.1, 0.15) is 119 Å². The summed E-state index contributed by atoms with van der Waals surface area (Å²) in [7, 11) is -4.13. The van der Waals surface area contributed by atoms with Crippen LogP contribution in [0.25, 0.3) is 10.1 Å². The first kappa shape index (κ1) is 59.1. The van der Waals surface area contributed by atoms with E-state index in [1.807, 2.05) is 11.0 Å². The molecule has 6 heterocycles. The number of nitrogens with zero attached hydrogens (tertiary/aromatic N) is 4. The second kappa shape index (κ2) is 24.5. The molecule has 5 aliphatic heterocycles. The standard InChI is InChI=1S/C56H61F3N9O12PS/c1-65-24-23-37-14-16-43(68(37)54(76)41(30-65)62-52(74)45-28-34-27-35(11-18-44(34)82-45)56(58,59)81(78,79)80)51(73)61-40(15-19-46(60)69)49(71)64-48(33-9-12-36(57)13-10-33)55(77)66-25-21-31(22-26-66)5-2-3-6-32-7-4-8-38-39(32)29-67(53(38)75)42-17-20-47(70)63-50(42)72/h4,7-13,18,27-28,31,37,40-43,48H,2,5,14-17,19-26,29-30H2,1H3,(H2,60,69)(H,61,73)(H,62,74)(H,64,71)(H,63,70,72)(H2,78,79,80)/t37-,40?,41+,42?,43+,48?/m1/s1. The van der Waals surface area contributed by atoms with Gasteiger partial charge in [-0.2, -0.15) is 8.78 Å². The minimum absolute atomic E-state index is 0.0113. The topological polar surface area (TPSA) is 298 Å². The zero-order valence-corrected chi connectivity index (χ0v) is 46.2. The van der Waals surface area contributed by atoms with Crippen molar-refractivity contribution in [3.63, 3.8) is 0 Å². The second-order valence-corrected chi connectivity index (χ2v) is 24.2. The smallest absolute Gasteiger partial charge is 0.370 e. The Morgan fingerprint density at radius 1 is 0.927 bits per heavy atom. The van der Waals surface area contributed by atoms with Gasteiger partial charge in [-0.25, -0.2) is 4.39 Å². The summed E-state index contributed by atoms with van der Waals surface area (Å²) in [4.78, 5) is 146. The normalized spacial score (nSPS) is 21.6. The van der Waals surface area contributed by atoms with Crippen LogP contribution in [0.4, 0.5) is 13.2 Å². The lowest BCUT2D eigenvalue weighted by Crippen LogP contribution is -2.61. The zero-order valence-electron chi connectivity index (χ0n) is 44.5. The van der Waals surface area contributed by atoms with Crippen molar-refractivity contribution in [2.45, 2.75) is 119 Å². The van der Waals surface area contributed by atoms with E-state index >= 15 is 0 Å². The fraction of sp³-hybridized carbons (Fsp3) is 0.446. The number of hydrogen-bond donors (Lipinski definition) is 7. The number of fused-ring (bicyclic) bond motifs is 3. The molecule has 5 aliphatic rings. The number of imide groups is 1. The van der Waals surface area contributed by atoms with Gasteiger partial charge >= 0.3 is 13.3 Å². The van der Waals surface area contributed by atoms with E-state index in [1.54, 1.807) is 24.1 Å². The predicted octanol–water partition coefficient (Wildman–Crippen LogP) is 3.50. The number of thiophene rings is 1. The Hall–Kier alpha value is -7.49. The Morgan fingerprint density at radius 3 is 2.38 bits per heavy atom. The lowest BCUT2D eigenvalue weighted by molar-refractivity contribution is -0.144. The Kier molecular flexibility index (Phi) is 17.7. The predicted molar refractivity (Wildman–Crippen MR) is 290 cm³/mol. The molecule has 82 heavy (non-hydrogen) atoms. The Morgan fingerprint density at radius 2 is 1.67 bits per heavy atom. The lowest BCUT2D eigenvalue weighted by atomic mass is 9.91. The molecule has 3 aromatic carbocycles. The van der Waals surface area contributed by atoms with Gasteiger partial charge in [-0.3, -0.25) is 53.0 Å². The number of nitrogens with two attached hydrogens (primary N) is 1. The molecule has 4 fully saturated rings. The van der Waals surface area contributed by atoms with Crippen LogP contribution in [0.2, 0.25) is 0 Å². The summed E-state index contributed by atoms with van der Waals surface area (Å²) in [5, 5.41) is 10.6. The molecular weight excluding hydrogens is 1110 g/mol. The number of piperidine rings is 2. The van der Waals surface area contributed by atoms with Crippen molar-refractivity contribution in [3.8, 4) is 11.8 Å². The molecule has 21 nitrogen and oxygen atoms in total. The number of likely N-dealkylation sites (tertiary alicyclic amines) is 1. The molecule has 4 aromatic rings. The molecule has 6 atom stereocenters. The first-order valence-electron chi connectivity index (χ1n) is 26.9. The molecule has 0 radical (unpaired) electrons. The van der Waals surface area contributed by atoms with Gasteiger partial charge in [0, 0.05) is 72.9 Å². The van der Waals surface area contributed by atoms with Gasteiger partial charge in [-0.05, 0) is 130 Å². The summed E-state index contributed by atoms with van der Waals surface area (Å²) in [6.45, 7) is 1.30. The third kappa shape index (κ3) is 12.9. The minimum atomic E-state index is -5.88. The Balaban J connectivity index is 0.839. The van der Waals surface area contributed by atoms with Gasteiger partial charge in [-0.1, -0.05) is 36.1 Å². The van der Waals surface area contributed by atoms with Crippen molar-refractivity contribution in [2.24, 2.45) is 11.7 Å². The van der Waals surface area contributed by atoms with Crippen molar-refractivity contribution < 1.29 is 70.7 Å². The molecule has 8 N–H and O–H groups in total. The number of likely N-dealkylation sites (N-methyl/N-ethyl adjacent to an activating group) is 1. The maximum Gasteiger partial charge on any atom is 0.399 e. The monoisotopic (exact) mass is 1170 g/mol. The Labute approximate surface area is 473 Å². The van der Waals surface area contributed by atoms with Crippen LogP contribution < -0.4 is 27.0 Å². The van der Waals surface area contributed by atoms with Gasteiger partial charge < -0.3 is 51.1 Å². The SMILES string of the molecule is CN1CC[C@H]2CC[C@@H](C(=O)NC(CCC(N)=O)C(=O)NC(C(=O)N3CCC(CCC#Cc4cccc5c4CN(C4CCC(=O)NC4=O)C5=O)CC3)c3ccc(F)cc3)N2C(=O)[C@@H](NC(=O)c2cc3cc(C(F)(F)P(=O)(O)O)ccc3s2)C1. The summed E-state index contributed by atoms with van der Waals surface area (Å²) in [6, 6.07) is 8.07. The summed E-state index contributed by atoms with van der Waals surface area (Å²) >= 11 is 0.905. The van der Waals surface area contributed by atoms with Crippen LogP contribution in [0.15, 0.2) is 66.7 Å². The maximum absolute atomic E-state index is 14.6. The summed E-state index contributed by atoms with van der Waals surface area (Å²) < 4.78 is 55.3. The van der Waals surface area contributed by atoms with E-state index in [2.05, 4.69) is 33.1 Å². The van der Waals surface area contributed by atoms with E-state index in [9.17, 15) is 70.7 Å². The highest BCUT2D eigenvalue weighted by molar-refractivity contribution is 7.52. The number of benzene rings is 3. The quantitative estimate of drug-likeness (QED) is 0.0481. The summed E-state index contributed by atoms with van der Waals surface area (Å²) in [6.07, 6.45) is 3.15. The molecular formula is C56H61F3N9O12PS. The van der Waals surface area contributed by atoms with Gasteiger partial charge in [0.15, 0.2) is 0 Å². The fourth-order valence-corrected chi connectivity index (χ4v) is 12.8. The van der Waals surface area contributed by atoms with Crippen LogP contribution in [0.5, 0.6) is 0 Å². The van der Waals surface area contributed by atoms with Crippen LogP contribution in [-0.4, -0.2) is 146 Å². The summed E-state index contributed by atoms with van der Waals surface area (Å²) in [5.41, 5.74) is 2.19. The van der Waals surface area contributed by atoms with Crippen LogP contribution >= 0.6 is 18.9 Å². The number of carbonyl (C=O) groups excluding carboxylic acids is 9. The number of rotatable bonds is 16. The largest absolute Gasteiger partial charge is 0.399 e. The zero-order chi connectivity index (χ0) is 58.8. The van der Waals surface area contributed by atoms with Crippen molar-refractivity contribution in [1.82, 2.24) is 40.9 Å². The van der Waals surface area contributed by atoms with E-state index in [-0.39, 0.29) is 78.8 Å². The Bertz CT molecular complexity index is 3340. The first-order chi connectivity index (χ1) is 39.0.